The van der Waals surface area contributed by atoms with E-state index in [0.717, 1.165) is 6.42 Å². The van der Waals surface area contributed by atoms with Crippen LogP contribution in [0.5, 0.6) is 5.75 Å². The Morgan fingerprint density at radius 2 is 2.16 bits per heavy atom. The smallest absolute Gasteiger partial charge is 0.303 e. The van der Waals surface area contributed by atoms with E-state index in [4.69, 9.17) is 9.47 Å². The van der Waals surface area contributed by atoms with Gasteiger partial charge in [0.15, 0.2) is 6.10 Å². The Kier molecular flexibility index (Phi) is 4.19. The number of esters is 1. The second-order valence-electron chi connectivity index (χ2n) is 7.23. The van der Waals surface area contributed by atoms with Gasteiger partial charge in [-0.25, -0.2) is 0 Å². The second kappa shape index (κ2) is 6.07. The first-order valence-corrected chi connectivity index (χ1v) is 8.46. The highest BCUT2D eigenvalue weighted by Crippen LogP contribution is 2.47. The molecule has 0 radical (unpaired) electrons. The van der Waals surface area contributed by atoms with E-state index < -0.39 is 23.7 Å². The highest BCUT2D eigenvalue weighted by atomic mass is 16.6. The lowest BCUT2D eigenvalue weighted by molar-refractivity contribution is -0.172. The monoisotopic (exact) mass is 342 g/mol. The number of carbonyl (C=O) groups excluding carboxylic acids is 2. The molecule has 1 amide bonds. The van der Waals surface area contributed by atoms with Crippen molar-refractivity contribution in [2.45, 2.75) is 64.3 Å². The van der Waals surface area contributed by atoms with Gasteiger partial charge >= 0.3 is 5.97 Å². The maximum Gasteiger partial charge on any atom is 0.303 e. The zero-order valence-corrected chi connectivity index (χ0v) is 14.9. The third-order valence-electron chi connectivity index (χ3n) is 4.93. The molecular formula is C19H22N2O4. The van der Waals surface area contributed by atoms with E-state index in [0.29, 0.717) is 23.3 Å². The molecule has 2 aliphatic heterocycles. The van der Waals surface area contributed by atoms with Crippen molar-refractivity contribution in [2.24, 2.45) is 0 Å². The molecule has 3 rings (SSSR count). The van der Waals surface area contributed by atoms with Crippen LogP contribution in [0.15, 0.2) is 18.2 Å². The molecule has 0 spiro atoms. The third-order valence-corrected chi connectivity index (χ3v) is 4.93. The van der Waals surface area contributed by atoms with Crippen LogP contribution in [-0.4, -0.2) is 34.5 Å². The highest BCUT2D eigenvalue weighted by molar-refractivity contribution is 5.79. The molecule has 1 aromatic rings. The van der Waals surface area contributed by atoms with E-state index in [1.54, 1.807) is 23.1 Å². The number of rotatable bonds is 2. The molecule has 6 nitrogen and oxygen atoms in total. The van der Waals surface area contributed by atoms with Crippen molar-refractivity contribution in [3.05, 3.63) is 29.3 Å². The Bertz CT molecular complexity index is 765. The van der Waals surface area contributed by atoms with Crippen LogP contribution in [0.4, 0.5) is 0 Å². The van der Waals surface area contributed by atoms with E-state index >= 15 is 0 Å². The van der Waals surface area contributed by atoms with Gasteiger partial charge in [-0.15, -0.1) is 0 Å². The summed E-state index contributed by atoms with van der Waals surface area (Å²) in [6.07, 6.45) is 0.575. The van der Waals surface area contributed by atoms with E-state index in [1.165, 1.54) is 6.92 Å². The van der Waals surface area contributed by atoms with Crippen LogP contribution in [0.25, 0.3) is 0 Å². The predicted octanol–water partition coefficient (Wildman–Crippen LogP) is 2.71. The molecule has 0 N–H and O–H groups in total. The average molecular weight is 342 g/mol. The van der Waals surface area contributed by atoms with Crippen LogP contribution in [0.2, 0.25) is 0 Å². The number of hydrogen-bond donors (Lipinski definition) is 0. The standard InChI is InChI=1S/C19H22N2O4/c1-11-5-8-16(23)21(11)17-14-9-13(10-20)6-7-15(14)25-19(3,4)18(17)24-12(2)22/h6-7,9,11,17-18H,5,8H2,1-4H3/t11?,17-,18+/m1/s1. The molecule has 25 heavy (non-hydrogen) atoms. The van der Waals surface area contributed by atoms with Gasteiger partial charge in [-0.1, -0.05) is 0 Å². The van der Waals surface area contributed by atoms with Gasteiger partial charge in [-0.3, -0.25) is 9.59 Å². The lowest BCUT2D eigenvalue weighted by Crippen LogP contribution is -2.56. The molecule has 1 saturated heterocycles. The number of fused-ring (bicyclic) bond motifs is 1. The number of nitrogens with zero attached hydrogens (tertiary/aromatic N) is 2. The predicted molar refractivity (Wildman–Crippen MR) is 89.7 cm³/mol. The summed E-state index contributed by atoms with van der Waals surface area (Å²) in [5.41, 5.74) is 0.389. The topological polar surface area (TPSA) is 79.6 Å². The maximum atomic E-state index is 12.6. The lowest BCUT2D eigenvalue weighted by Gasteiger charge is -2.47. The lowest BCUT2D eigenvalue weighted by atomic mass is 9.84. The third kappa shape index (κ3) is 2.95. The minimum atomic E-state index is -0.805. The summed E-state index contributed by atoms with van der Waals surface area (Å²) < 4.78 is 11.7. The summed E-state index contributed by atoms with van der Waals surface area (Å²) in [5.74, 6) is 0.218. The van der Waals surface area contributed by atoms with Crippen LogP contribution in [-0.2, 0) is 14.3 Å². The van der Waals surface area contributed by atoms with Crippen molar-refractivity contribution in [1.29, 1.82) is 5.26 Å². The van der Waals surface area contributed by atoms with Gasteiger partial charge in [0.05, 0.1) is 11.6 Å². The van der Waals surface area contributed by atoms with Crippen LogP contribution < -0.4 is 4.74 Å². The van der Waals surface area contributed by atoms with Gasteiger partial charge in [0.25, 0.3) is 0 Å². The SMILES string of the molecule is CC(=O)O[C@H]1[C@H](N2C(=O)CCC2C)c2cc(C#N)ccc2OC1(C)C. The zero-order valence-electron chi connectivity index (χ0n) is 14.9. The Balaban J connectivity index is 2.18. The number of hydrogen-bond acceptors (Lipinski definition) is 5. The molecule has 3 atom stereocenters. The Labute approximate surface area is 147 Å². The summed E-state index contributed by atoms with van der Waals surface area (Å²) in [7, 11) is 0. The molecule has 1 aromatic carbocycles. The molecule has 1 unspecified atom stereocenters. The van der Waals surface area contributed by atoms with Crippen molar-refractivity contribution in [3.63, 3.8) is 0 Å². The zero-order chi connectivity index (χ0) is 18.4. The average Bonchev–Trinajstić information content (AvgIpc) is 2.86. The van der Waals surface area contributed by atoms with E-state index in [-0.39, 0.29) is 11.9 Å². The molecule has 0 aromatic heterocycles. The number of likely N-dealkylation sites (tertiary alicyclic amines) is 1. The fraction of sp³-hybridized carbons (Fsp3) is 0.526. The number of benzene rings is 1. The molecule has 132 valence electrons. The van der Waals surface area contributed by atoms with Crippen molar-refractivity contribution >= 4 is 11.9 Å². The Morgan fingerprint density at radius 3 is 2.72 bits per heavy atom. The fourth-order valence-corrected chi connectivity index (χ4v) is 3.78. The first-order chi connectivity index (χ1) is 11.7. The van der Waals surface area contributed by atoms with Crippen LogP contribution >= 0.6 is 0 Å². The van der Waals surface area contributed by atoms with Gasteiger partial charge < -0.3 is 14.4 Å². The first kappa shape index (κ1) is 17.3. The molecule has 0 aliphatic carbocycles. The minimum Gasteiger partial charge on any atom is -0.484 e. The fourth-order valence-electron chi connectivity index (χ4n) is 3.78. The summed E-state index contributed by atoms with van der Waals surface area (Å²) >= 11 is 0. The van der Waals surface area contributed by atoms with Crippen molar-refractivity contribution in [3.8, 4) is 11.8 Å². The number of amides is 1. The van der Waals surface area contributed by atoms with Crippen molar-refractivity contribution in [2.75, 3.05) is 0 Å². The van der Waals surface area contributed by atoms with E-state index in [2.05, 4.69) is 6.07 Å². The van der Waals surface area contributed by atoms with Gasteiger partial charge in [0, 0.05) is 24.9 Å². The van der Waals surface area contributed by atoms with Gasteiger partial charge in [-0.2, -0.15) is 5.26 Å². The van der Waals surface area contributed by atoms with Gasteiger partial charge in [0.1, 0.15) is 17.4 Å². The van der Waals surface area contributed by atoms with Gasteiger partial charge in [0.2, 0.25) is 5.91 Å². The quantitative estimate of drug-likeness (QED) is 0.772. The van der Waals surface area contributed by atoms with Crippen LogP contribution in [0.1, 0.15) is 57.7 Å². The molecule has 2 heterocycles. The molecule has 1 fully saturated rings. The number of nitriles is 1. The van der Waals surface area contributed by atoms with E-state index in [9.17, 15) is 14.9 Å². The molecule has 0 bridgehead atoms. The second-order valence-corrected chi connectivity index (χ2v) is 7.23. The summed E-state index contributed by atoms with van der Waals surface area (Å²) in [5, 5.41) is 9.25. The normalized spacial score (nSPS) is 27.2. The largest absolute Gasteiger partial charge is 0.484 e. The molecular weight excluding hydrogens is 320 g/mol. The summed E-state index contributed by atoms with van der Waals surface area (Å²) in [4.78, 5) is 26.1. The van der Waals surface area contributed by atoms with E-state index in [1.807, 2.05) is 20.8 Å². The first-order valence-electron chi connectivity index (χ1n) is 8.46. The minimum absolute atomic E-state index is 0.0284. The molecule has 6 heteroatoms. The summed E-state index contributed by atoms with van der Waals surface area (Å²) in [6, 6.07) is 6.84. The van der Waals surface area contributed by atoms with Crippen molar-refractivity contribution < 1.29 is 19.1 Å². The van der Waals surface area contributed by atoms with Gasteiger partial charge in [-0.05, 0) is 45.4 Å². The maximum absolute atomic E-state index is 12.6. The Morgan fingerprint density at radius 1 is 1.44 bits per heavy atom. The summed E-state index contributed by atoms with van der Waals surface area (Å²) in [6.45, 7) is 7.04. The molecule has 2 aliphatic rings. The van der Waals surface area contributed by atoms with Crippen LogP contribution in [0, 0.1) is 11.3 Å². The Hall–Kier alpha value is -2.55. The number of carbonyl (C=O) groups is 2. The molecule has 0 saturated carbocycles. The van der Waals surface area contributed by atoms with Crippen LogP contribution in [0.3, 0.4) is 0 Å². The van der Waals surface area contributed by atoms with Crippen molar-refractivity contribution in [1.82, 2.24) is 4.90 Å². The highest BCUT2D eigenvalue weighted by Gasteiger charge is 2.51. The number of ether oxygens (including phenoxy) is 2.